The van der Waals surface area contributed by atoms with Gasteiger partial charge in [0.1, 0.15) is 5.76 Å². The van der Waals surface area contributed by atoms with Gasteiger partial charge in [-0.1, -0.05) is 30.0 Å². The van der Waals surface area contributed by atoms with Crippen molar-refractivity contribution in [2.75, 3.05) is 11.1 Å². The van der Waals surface area contributed by atoms with Gasteiger partial charge in [0, 0.05) is 23.6 Å². The maximum atomic E-state index is 12.4. The van der Waals surface area contributed by atoms with Gasteiger partial charge < -0.3 is 9.73 Å². The van der Waals surface area contributed by atoms with E-state index in [9.17, 15) is 4.79 Å². The minimum atomic E-state index is -0.0951. The van der Waals surface area contributed by atoms with Gasteiger partial charge in [-0.15, -0.1) is 10.2 Å². The zero-order valence-electron chi connectivity index (χ0n) is 15.8. The second kappa shape index (κ2) is 8.74. The number of nitrogens with one attached hydrogen (secondary N) is 1. The first-order valence-corrected chi connectivity index (χ1v) is 10.0. The molecule has 0 radical (unpaired) electrons. The number of carbonyl (C=O) groups is 1. The van der Waals surface area contributed by atoms with E-state index >= 15 is 0 Å². The lowest BCUT2D eigenvalue weighted by Gasteiger charge is -2.10. The van der Waals surface area contributed by atoms with Gasteiger partial charge in [0.15, 0.2) is 11.0 Å². The van der Waals surface area contributed by atoms with Crippen molar-refractivity contribution in [3.63, 3.8) is 0 Å². The molecule has 0 saturated carbocycles. The van der Waals surface area contributed by atoms with E-state index in [4.69, 9.17) is 4.42 Å². The van der Waals surface area contributed by atoms with Gasteiger partial charge in [-0.2, -0.15) is 0 Å². The van der Waals surface area contributed by atoms with Crippen molar-refractivity contribution in [1.82, 2.24) is 19.7 Å². The van der Waals surface area contributed by atoms with Crippen molar-refractivity contribution in [2.45, 2.75) is 18.6 Å². The number of furan rings is 1. The molecule has 4 rings (SSSR count). The molecule has 3 aromatic heterocycles. The van der Waals surface area contributed by atoms with E-state index in [1.54, 1.807) is 18.7 Å². The normalized spacial score (nSPS) is 10.8. The summed E-state index contributed by atoms with van der Waals surface area (Å²) in [6.07, 6.45) is 5.06. The van der Waals surface area contributed by atoms with Crippen LogP contribution in [0.25, 0.3) is 11.4 Å². The molecular formula is C21H19N5O2S. The Morgan fingerprint density at radius 3 is 2.69 bits per heavy atom. The molecule has 0 aliphatic heterocycles. The molecule has 0 spiro atoms. The number of hydrogen-bond acceptors (Lipinski definition) is 6. The molecule has 146 valence electrons. The third-order valence-corrected chi connectivity index (χ3v) is 5.27. The monoisotopic (exact) mass is 405 g/mol. The molecule has 0 aliphatic rings. The molecule has 0 atom stereocenters. The predicted octanol–water partition coefficient (Wildman–Crippen LogP) is 4.02. The van der Waals surface area contributed by atoms with Gasteiger partial charge in [-0.3, -0.25) is 14.3 Å². The average molecular weight is 405 g/mol. The summed E-state index contributed by atoms with van der Waals surface area (Å²) in [6.45, 7) is 2.43. The van der Waals surface area contributed by atoms with Crippen molar-refractivity contribution in [1.29, 1.82) is 0 Å². The van der Waals surface area contributed by atoms with Crippen molar-refractivity contribution < 1.29 is 9.21 Å². The highest BCUT2D eigenvalue weighted by molar-refractivity contribution is 7.99. The molecule has 0 bridgehead atoms. The number of hydrogen-bond donors (Lipinski definition) is 1. The number of pyridine rings is 1. The number of benzene rings is 1. The van der Waals surface area contributed by atoms with Gasteiger partial charge in [-0.25, -0.2) is 0 Å². The van der Waals surface area contributed by atoms with Gasteiger partial charge >= 0.3 is 0 Å². The Kier molecular flexibility index (Phi) is 5.71. The first-order chi connectivity index (χ1) is 14.2. The van der Waals surface area contributed by atoms with Crippen LogP contribution in [-0.4, -0.2) is 31.4 Å². The highest BCUT2D eigenvalue weighted by atomic mass is 32.2. The second-order valence-corrected chi connectivity index (χ2v) is 7.30. The quantitative estimate of drug-likeness (QED) is 0.468. The molecule has 0 unspecified atom stereocenters. The van der Waals surface area contributed by atoms with E-state index in [0.29, 0.717) is 17.5 Å². The molecule has 4 aromatic rings. The molecule has 0 saturated heterocycles. The fraction of sp³-hybridized carbons (Fsp3) is 0.143. The zero-order valence-corrected chi connectivity index (χ0v) is 16.6. The van der Waals surface area contributed by atoms with E-state index in [1.165, 1.54) is 11.8 Å². The summed E-state index contributed by atoms with van der Waals surface area (Å²) in [5, 5.41) is 12.2. The SMILES string of the molecule is Cc1ccccc1NC(=O)CSc1nnc(-c2ccncc2)n1Cc1ccco1. The molecule has 0 aliphatic carbocycles. The van der Waals surface area contributed by atoms with Crippen LogP contribution < -0.4 is 5.32 Å². The number of para-hydroxylation sites is 1. The van der Waals surface area contributed by atoms with Gasteiger partial charge in [0.05, 0.1) is 18.6 Å². The number of aromatic nitrogens is 4. The Morgan fingerprint density at radius 2 is 1.93 bits per heavy atom. The van der Waals surface area contributed by atoms with Crippen LogP contribution in [0.2, 0.25) is 0 Å². The molecule has 3 heterocycles. The maximum absolute atomic E-state index is 12.4. The van der Waals surface area contributed by atoms with E-state index in [0.717, 1.165) is 22.6 Å². The molecule has 1 aromatic carbocycles. The molecule has 1 amide bonds. The Hall–Kier alpha value is -3.39. The predicted molar refractivity (Wildman–Crippen MR) is 112 cm³/mol. The Bertz CT molecular complexity index is 1090. The van der Waals surface area contributed by atoms with Gasteiger partial charge in [0.2, 0.25) is 5.91 Å². The number of anilines is 1. The molecule has 29 heavy (non-hydrogen) atoms. The minimum absolute atomic E-state index is 0.0951. The Balaban J connectivity index is 1.53. The summed E-state index contributed by atoms with van der Waals surface area (Å²) >= 11 is 1.34. The summed E-state index contributed by atoms with van der Waals surface area (Å²) in [6, 6.07) is 15.2. The molecule has 7 nitrogen and oxygen atoms in total. The number of amides is 1. The highest BCUT2D eigenvalue weighted by Crippen LogP contribution is 2.25. The van der Waals surface area contributed by atoms with Crippen molar-refractivity contribution >= 4 is 23.4 Å². The largest absolute Gasteiger partial charge is 0.467 e. The van der Waals surface area contributed by atoms with Crippen LogP contribution in [0.15, 0.2) is 76.8 Å². The summed E-state index contributed by atoms with van der Waals surface area (Å²) in [5.74, 6) is 1.61. The van der Waals surface area contributed by atoms with E-state index in [1.807, 2.05) is 60.0 Å². The lowest BCUT2D eigenvalue weighted by Crippen LogP contribution is -2.15. The van der Waals surface area contributed by atoms with E-state index < -0.39 is 0 Å². The van der Waals surface area contributed by atoms with Crippen LogP contribution in [0, 0.1) is 6.92 Å². The highest BCUT2D eigenvalue weighted by Gasteiger charge is 2.17. The van der Waals surface area contributed by atoms with Crippen LogP contribution in [0.4, 0.5) is 5.69 Å². The van der Waals surface area contributed by atoms with Crippen molar-refractivity contribution in [3.05, 3.63) is 78.5 Å². The average Bonchev–Trinajstić information content (AvgIpc) is 3.39. The third-order valence-electron chi connectivity index (χ3n) is 4.30. The van der Waals surface area contributed by atoms with Crippen LogP contribution in [0.1, 0.15) is 11.3 Å². The second-order valence-electron chi connectivity index (χ2n) is 6.36. The fourth-order valence-corrected chi connectivity index (χ4v) is 3.58. The minimum Gasteiger partial charge on any atom is -0.467 e. The van der Waals surface area contributed by atoms with Crippen molar-refractivity contribution in [3.8, 4) is 11.4 Å². The first kappa shape index (κ1) is 18.9. The smallest absolute Gasteiger partial charge is 0.234 e. The fourth-order valence-electron chi connectivity index (χ4n) is 2.84. The van der Waals surface area contributed by atoms with E-state index in [2.05, 4.69) is 20.5 Å². The first-order valence-electron chi connectivity index (χ1n) is 9.05. The number of carbonyl (C=O) groups excluding carboxylic acids is 1. The molecular weight excluding hydrogens is 386 g/mol. The van der Waals surface area contributed by atoms with E-state index in [-0.39, 0.29) is 11.7 Å². The van der Waals surface area contributed by atoms with Gasteiger partial charge in [-0.05, 0) is 42.8 Å². The van der Waals surface area contributed by atoms with Crippen molar-refractivity contribution in [2.24, 2.45) is 0 Å². The number of rotatable bonds is 7. The standard InChI is InChI=1S/C21H19N5O2S/c1-15-5-2-3-7-18(15)23-19(27)14-29-21-25-24-20(16-8-10-22-11-9-16)26(21)13-17-6-4-12-28-17/h2-12H,13-14H2,1H3,(H,23,27). The number of nitrogens with zero attached hydrogens (tertiary/aromatic N) is 4. The lowest BCUT2D eigenvalue weighted by molar-refractivity contribution is -0.113. The molecule has 0 fully saturated rings. The van der Waals surface area contributed by atoms with Crippen LogP contribution in [0.5, 0.6) is 0 Å². The summed E-state index contributed by atoms with van der Waals surface area (Å²) in [5.41, 5.74) is 2.73. The van der Waals surface area contributed by atoms with Crippen LogP contribution >= 0.6 is 11.8 Å². The topological polar surface area (TPSA) is 85.8 Å². The zero-order chi connectivity index (χ0) is 20.1. The lowest BCUT2D eigenvalue weighted by atomic mass is 10.2. The van der Waals surface area contributed by atoms with Gasteiger partial charge in [0.25, 0.3) is 0 Å². The molecule has 1 N–H and O–H groups in total. The maximum Gasteiger partial charge on any atom is 0.234 e. The summed E-state index contributed by atoms with van der Waals surface area (Å²) in [7, 11) is 0. The van der Waals surface area contributed by atoms with Crippen LogP contribution in [-0.2, 0) is 11.3 Å². The molecule has 8 heteroatoms. The Morgan fingerprint density at radius 1 is 1.10 bits per heavy atom. The summed E-state index contributed by atoms with van der Waals surface area (Å²) < 4.78 is 7.44. The summed E-state index contributed by atoms with van der Waals surface area (Å²) in [4.78, 5) is 16.5. The Labute approximate surface area is 172 Å². The number of thioether (sulfide) groups is 1. The third kappa shape index (κ3) is 4.55. The van der Waals surface area contributed by atoms with Crippen LogP contribution in [0.3, 0.4) is 0 Å². The number of aryl methyl sites for hydroxylation is 1.